The Morgan fingerprint density at radius 2 is 2.24 bits per heavy atom. The van der Waals surface area contributed by atoms with Crippen LogP contribution in [0.5, 0.6) is 0 Å². The van der Waals surface area contributed by atoms with Crippen molar-refractivity contribution in [1.82, 2.24) is 10.3 Å². The third kappa shape index (κ3) is 4.65. The molecule has 0 aliphatic heterocycles. The van der Waals surface area contributed by atoms with E-state index in [4.69, 9.17) is 9.47 Å². The lowest BCUT2D eigenvalue weighted by Gasteiger charge is -2.15. The zero-order valence-corrected chi connectivity index (χ0v) is 12.1. The largest absolute Gasteiger partial charge is 0.382 e. The first-order valence-electron chi connectivity index (χ1n) is 6.15. The predicted octanol–water partition coefficient (Wildman–Crippen LogP) is 0.423. The van der Waals surface area contributed by atoms with E-state index in [2.05, 4.69) is 15.6 Å². The minimum Gasteiger partial charge on any atom is -0.382 e. The minimum atomic E-state index is -0.605. The van der Waals surface area contributed by atoms with Crippen LogP contribution >= 0.6 is 0 Å². The smallest absolute Gasteiger partial charge is 0.288 e. The van der Waals surface area contributed by atoms with Crippen LogP contribution in [0.2, 0.25) is 0 Å². The number of nitrogens with zero attached hydrogens (tertiary/aromatic N) is 2. The summed E-state index contributed by atoms with van der Waals surface area (Å²) in [6.45, 7) is 0.540. The fourth-order valence-corrected chi connectivity index (χ4v) is 1.62. The summed E-state index contributed by atoms with van der Waals surface area (Å²) in [6, 6.07) is 1.17. The number of rotatable bonds is 8. The number of hydrogen-bond donors (Lipinski definition) is 2. The third-order valence-corrected chi connectivity index (χ3v) is 2.74. The molecule has 116 valence electrons. The van der Waals surface area contributed by atoms with Crippen LogP contribution in [0.3, 0.4) is 0 Å². The average molecular weight is 298 g/mol. The molecule has 1 unspecified atom stereocenters. The van der Waals surface area contributed by atoms with Crippen LogP contribution < -0.4 is 10.6 Å². The summed E-state index contributed by atoms with van der Waals surface area (Å²) < 4.78 is 10.1. The Morgan fingerprint density at radius 3 is 2.76 bits per heavy atom. The van der Waals surface area contributed by atoms with Gasteiger partial charge in [0.15, 0.2) is 0 Å². The normalized spacial score (nSPS) is 11.8. The molecule has 1 atom stereocenters. The molecule has 1 amide bonds. The van der Waals surface area contributed by atoms with E-state index in [-0.39, 0.29) is 29.7 Å². The lowest BCUT2D eigenvalue weighted by Crippen LogP contribution is -2.36. The van der Waals surface area contributed by atoms with Crippen molar-refractivity contribution in [3.8, 4) is 0 Å². The van der Waals surface area contributed by atoms with Crippen LogP contribution in [-0.2, 0) is 9.47 Å². The lowest BCUT2D eigenvalue weighted by molar-refractivity contribution is -0.385. The molecule has 1 aromatic heterocycles. The molecule has 0 saturated carbocycles. The highest BCUT2D eigenvalue weighted by molar-refractivity contribution is 5.99. The summed E-state index contributed by atoms with van der Waals surface area (Å²) in [5.41, 5.74) is -0.154. The monoisotopic (exact) mass is 298 g/mol. The number of ether oxygens (including phenoxy) is 2. The van der Waals surface area contributed by atoms with E-state index in [1.807, 2.05) is 0 Å². The van der Waals surface area contributed by atoms with Crippen molar-refractivity contribution >= 4 is 17.4 Å². The first-order valence-corrected chi connectivity index (χ1v) is 6.15. The van der Waals surface area contributed by atoms with E-state index in [9.17, 15) is 14.9 Å². The highest BCUT2D eigenvalue weighted by Crippen LogP contribution is 2.18. The summed E-state index contributed by atoms with van der Waals surface area (Å²) in [6.07, 6.45) is 0.787. The number of nitro groups is 1. The van der Waals surface area contributed by atoms with E-state index in [0.717, 1.165) is 6.20 Å². The Morgan fingerprint density at radius 1 is 1.52 bits per heavy atom. The maximum absolute atomic E-state index is 12.1. The van der Waals surface area contributed by atoms with Crippen LogP contribution in [0.4, 0.5) is 11.5 Å². The first kappa shape index (κ1) is 16.8. The molecule has 0 aliphatic rings. The van der Waals surface area contributed by atoms with Crippen molar-refractivity contribution in [2.45, 2.75) is 6.10 Å². The van der Waals surface area contributed by atoms with Crippen molar-refractivity contribution in [2.75, 3.05) is 39.7 Å². The highest BCUT2D eigenvalue weighted by Gasteiger charge is 2.18. The van der Waals surface area contributed by atoms with Crippen LogP contribution in [0.15, 0.2) is 12.3 Å². The van der Waals surface area contributed by atoms with Gasteiger partial charge in [0.05, 0.1) is 23.2 Å². The fourth-order valence-electron chi connectivity index (χ4n) is 1.62. The summed E-state index contributed by atoms with van der Waals surface area (Å²) in [4.78, 5) is 26.1. The number of methoxy groups -OCH3 is 2. The molecule has 0 spiro atoms. The number of hydrogen-bond acceptors (Lipinski definition) is 7. The molecule has 0 saturated heterocycles. The number of anilines is 1. The van der Waals surface area contributed by atoms with Gasteiger partial charge in [-0.05, 0) is 0 Å². The Balaban J connectivity index is 2.85. The first-order chi connectivity index (χ1) is 10.0. The number of amides is 1. The molecule has 9 heteroatoms. The molecule has 0 radical (unpaired) electrons. The van der Waals surface area contributed by atoms with Crippen LogP contribution in [0.1, 0.15) is 10.4 Å². The topological polar surface area (TPSA) is 116 Å². The Kier molecular flexibility index (Phi) is 6.50. The van der Waals surface area contributed by atoms with Crippen LogP contribution in [0.25, 0.3) is 0 Å². The summed E-state index contributed by atoms with van der Waals surface area (Å²) >= 11 is 0. The second-order valence-corrected chi connectivity index (χ2v) is 4.12. The Hall–Kier alpha value is -2.26. The molecule has 1 heterocycles. The standard InChI is InChI=1S/C12H18N4O5/c1-13-11-10(4-8(5-14-11)16(18)19)12(17)15-6-9(21-3)7-20-2/h4-5,9H,6-7H2,1-3H3,(H,13,14)(H,15,17). The molecule has 9 nitrogen and oxygen atoms in total. The molecule has 0 bridgehead atoms. The van der Waals surface area contributed by atoms with E-state index in [1.54, 1.807) is 7.05 Å². The molecule has 0 aromatic carbocycles. The van der Waals surface area contributed by atoms with Gasteiger partial charge in [-0.15, -0.1) is 0 Å². The number of nitrogens with one attached hydrogen (secondary N) is 2. The molecule has 2 N–H and O–H groups in total. The van der Waals surface area contributed by atoms with Gasteiger partial charge >= 0.3 is 0 Å². The molecular formula is C12H18N4O5. The third-order valence-electron chi connectivity index (χ3n) is 2.74. The highest BCUT2D eigenvalue weighted by atomic mass is 16.6. The van der Waals surface area contributed by atoms with E-state index in [1.165, 1.54) is 20.3 Å². The average Bonchev–Trinajstić information content (AvgIpc) is 2.50. The van der Waals surface area contributed by atoms with Gasteiger partial charge in [0.2, 0.25) is 0 Å². The van der Waals surface area contributed by atoms with Gasteiger partial charge in [-0.1, -0.05) is 0 Å². The molecule has 0 fully saturated rings. The van der Waals surface area contributed by atoms with Gasteiger partial charge in [0.1, 0.15) is 12.0 Å². The molecule has 21 heavy (non-hydrogen) atoms. The molecule has 0 aliphatic carbocycles. The van der Waals surface area contributed by atoms with Crippen LogP contribution in [0, 0.1) is 10.1 Å². The maximum atomic E-state index is 12.1. The lowest BCUT2D eigenvalue weighted by atomic mass is 10.2. The molecule has 1 aromatic rings. The second-order valence-electron chi connectivity index (χ2n) is 4.12. The van der Waals surface area contributed by atoms with Crippen molar-refractivity contribution < 1.29 is 19.2 Å². The minimum absolute atomic E-state index is 0.0963. The summed E-state index contributed by atoms with van der Waals surface area (Å²) in [5.74, 6) is -0.215. The number of carbonyl (C=O) groups is 1. The molecule has 1 rings (SSSR count). The molecular weight excluding hydrogens is 280 g/mol. The van der Waals surface area contributed by atoms with E-state index >= 15 is 0 Å². The van der Waals surface area contributed by atoms with Gasteiger partial charge in [-0.3, -0.25) is 14.9 Å². The number of aromatic nitrogens is 1. The predicted molar refractivity (Wildman–Crippen MR) is 75.4 cm³/mol. The van der Waals surface area contributed by atoms with E-state index in [0.29, 0.717) is 6.61 Å². The van der Waals surface area contributed by atoms with Crippen LogP contribution in [-0.4, -0.2) is 56.3 Å². The second kappa shape index (κ2) is 8.12. The van der Waals surface area contributed by atoms with Gasteiger partial charge in [0.25, 0.3) is 11.6 Å². The summed E-state index contributed by atoms with van der Waals surface area (Å²) in [7, 11) is 4.61. The summed E-state index contributed by atoms with van der Waals surface area (Å²) in [5, 5.41) is 16.1. The van der Waals surface area contributed by atoms with Gasteiger partial charge in [-0.25, -0.2) is 4.98 Å². The Bertz CT molecular complexity index is 508. The SMILES string of the molecule is CNc1ncc([N+](=O)[O-])cc1C(=O)NCC(COC)OC. The van der Waals surface area contributed by atoms with Crippen molar-refractivity contribution in [3.63, 3.8) is 0 Å². The van der Waals surface area contributed by atoms with Gasteiger partial charge in [-0.2, -0.15) is 0 Å². The quantitative estimate of drug-likeness (QED) is 0.528. The van der Waals surface area contributed by atoms with Crippen molar-refractivity contribution in [3.05, 3.63) is 27.9 Å². The maximum Gasteiger partial charge on any atom is 0.288 e. The van der Waals surface area contributed by atoms with E-state index < -0.39 is 10.8 Å². The number of pyridine rings is 1. The van der Waals surface area contributed by atoms with Gasteiger partial charge < -0.3 is 20.1 Å². The fraction of sp³-hybridized carbons (Fsp3) is 0.500. The Labute approximate surface area is 121 Å². The zero-order valence-electron chi connectivity index (χ0n) is 12.1. The van der Waals surface area contributed by atoms with Crippen molar-refractivity contribution in [2.24, 2.45) is 0 Å². The zero-order chi connectivity index (χ0) is 15.8. The van der Waals surface area contributed by atoms with Gasteiger partial charge in [0, 0.05) is 33.9 Å². The number of carbonyl (C=O) groups excluding carboxylic acids is 1. The van der Waals surface area contributed by atoms with Crippen molar-refractivity contribution in [1.29, 1.82) is 0 Å².